The fraction of sp³-hybridized carbons (Fsp3) is 0.667. The molecule has 2 aromatic rings. The predicted molar refractivity (Wildman–Crippen MR) is 177 cm³/mol. The number of nitrogens with one attached hydrogen (secondary N) is 1. The van der Waals surface area contributed by atoms with Gasteiger partial charge >= 0.3 is 29.6 Å². The van der Waals surface area contributed by atoms with Gasteiger partial charge in [0, 0.05) is 6.54 Å². The summed E-state index contributed by atoms with van der Waals surface area (Å²) in [5.41, 5.74) is 2.91. The van der Waals surface area contributed by atoms with Gasteiger partial charge in [0.2, 0.25) is 0 Å². The van der Waals surface area contributed by atoms with Gasteiger partial charge in [0.25, 0.3) is 0 Å². The van der Waals surface area contributed by atoms with E-state index in [0.29, 0.717) is 0 Å². The predicted octanol–water partition coefficient (Wildman–Crippen LogP) is 7.56. The van der Waals surface area contributed by atoms with Gasteiger partial charge in [-0.15, -0.1) is 0 Å². The van der Waals surface area contributed by atoms with Gasteiger partial charge in [-0.2, -0.15) is 0 Å². The van der Waals surface area contributed by atoms with E-state index in [1.54, 1.807) is 6.07 Å². The Morgan fingerprint density at radius 1 is 0.674 bits per heavy atom. The third kappa shape index (κ3) is 15.2. The first kappa shape index (κ1) is 38.1. The van der Waals surface area contributed by atoms with E-state index < -0.39 is 10.1 Å². The summed E-state index contributed by atoms with van der Waals surface area (Å²) in [5.74, 6) is 0. The molecule has 0 saturated carbocycles. The summed E-state index contributed by atoms with van der Waals surface area (Å²) in [6, 6.07) is 15.0. The molecule has 43 heavy (non-hydrogen) atoms. The fourth-order valence-electron chi connectivity index (χ4n) is 6.26. The smallest absolute Gasteiger partial charge is 0.744 e. The van der Waals surface area contributed by atoms with Crippen molar-refractivity contribution < 1.29 is 42.5 Å². The quantitative estimate of drug-likeness (QED) is 0.0745. The van der Waals surface area contributed by atoms with E-state index in [1.165, 1.54) is 140 Å². The molecule has 0 aliphatic carbocycles. The zero-order valence-corrected chi connectivity index (χ0v) is 30.1. The molecule has 1 heterocycles. The topological polar surface area (TPSA) is 72.5 Å². The molecule has 2 aromatic carbocycles. The van der Waals surface area contributed by atoms with E-state index in [9.17, 15) is 13.0 Å². The van der Waals surface area contributed by atoms with Gasteiger partial charge in [0.05, 0.1) is 22.4 Å². The minimum absolute atomic E-state index is 0. The molecular formula is C36H57N2NaO3S. The van der Waals surface area contributed by atoms with Crippen LogP contribution in [0.4, 0.5) is 11.4 Å². The molecule has 1 unspecified atom stereocenters. The van der Waals surface area contributed by atoms with Crippen molar-refractivity contribution in [3.05, 3.63) is 54.1 Å². The zero-order chi connectivity index (χ0) is 29.9. The number of hydrogen-bond acceptors (Lipinski definition) is 5. The summed E-state index contributed by atoms with van der Waals surface area (Å²) in [5, 5.41) is 3.50. The minimum atomic E-state index is -4.47. The van der Waals surface area contributed by atoms with Crippen molar-refractivity contribution in [2.75, 3.05) is 10.2 Å². The van der Waals surface area contributed by atoms with Crippen LogP contribution in [0, 0.1) is 0 Å². The third-order valence-electron chi connectivity index (χ3n) is 8.79. The van der Waals surface area contributed by atoms with E-state index in [0.717, 1.165) is 30.8 Å². The summed E-state index contributed by atoms with van der Waals surface area (Å²) >= 11 is 0. The molecule has 1 aliphatic heterocycles. The fourth-order valence-corrected chi connectivity index (χ4v) is 6.76. The van der Waals surface area contributed by atoms with Crippen LogP contribution in [0.15, 0.2) is 53.4 Å². The van der Waals surface area contributed by atoms with Crippen LogP contribution in [0.3, 0.4) is 0 Å². The Bertz CT molecular complexity index is 1100. The summed E-state index contributed by atoms with van der Waals surface area (Å²) in [6.45, 7) is 3.03. The van der Waals surface area contributed by atoms with Crippen molar-refractivity contribution in [2.45, 2.75) is 159 Å². The average Bonchev–Trinajstić information content (AvgIpc) is 3.32. The molecule has 0 bridgehead atoms. The van der Waals surface area contributed by atoms with Gasteiger partial charge in [-0.1, -0.05) is 159 Å². The number of benzene rings is 2. The molecule has 7 heteroatoms. The van der Waals surface area contributed by atoms with Crippen LogP contribution in [-0.4, -0.2) is 19.1 Å². The second-order valence-electron chi connectivity index (χ2n) is 12.4. The Hall–Kier alpha value is -1.05. The molecule has 0 aromatic heterocycles. The van der Waals surface area contributed by atoms with Crippen LogP contribution in [0.25, 0.3) is 0 Å². The Labute approximate surface area is 286 Å². The summed E-state index contributed by atoms with van der Waals surface area (Å²) in [4.78, 5) is 2.13. The monoisotopic (exact) mass is 620 g/mol. The normalized spacial score (nSPS) is 14.4. The van der Waals surface area contributed by atoms with E-state index in [2.05, 4.69) is 29.3 Å². The first-order chi connectivity index (χ1) is 20.5. The maximum absolute atomic E-state index is 11.6. The summed E-state index contributed by atoms with van der Waals surface area (Å²) in [6.07, 6.45) is 28.6. The zero-order valence-electron chi connectivity index (χ0n) is 27.3. The van der Waals surface area contributed by atoms with Gasteiger partial charge in [-0.05, 0) is 36.6 Å². The molecular weight excluding hydrogens is 563 g/mol. The van der Waals surface area contributed by atoms with Crippen LogP contribution in [0.1, 0.15) is 147 Å². The summed E-state index contributed by atoms with van der Waals surface area (Å²) < 4.78 is 34.7. The maximum Gasteiger partial charge on any atom is 1.00 e. The Morgan fingerprint density at radius 2 is 1.14 bits per heavy atom. The van der Waals surface area contributed by atoms with Gasteiger partial charge < -0.3 is 14.8 Å². The van der Waals surface area contributed by atoms with Gasteiger partial charge in [0.15, 0.2) is 0 Å². The van der Waals surface area contributed by atoms with E-state index in [1.807, 2.05) is 18.2 Å². The molecule has 236 valence electrons. The van der Waals surface area contributed by atoms with Crippen LogP contribution in [-0.2, 0) is 16.7 Å². The molecule has 5 nitrogen and oxygen atoms in total. The number of unbranched alkanes of at least 4 members (excludes halogenated alkanes) is 19. The number of fused-ring (bicyclic) bond motifs is 1. The van der Waals surface area contributed by atoms with Crippen molar-refractivity contribution in [3.8, 4) is 0 Å². The molecule has 1 N–H and O–H groups in total. The molecule has 1 aliphatic rings. The minimum Gasteiger partial charge on any atom is -0.744 e. The second kappa shape index (κ2) is 22.5. The molecule has 0 radical (unpaired) electrons. The third-order valence-corrected chi connectivity index (χ3v) is 9.62. The van der Waals surface area contributed by atoms with Crippen molar-refractivity contribution >= 4 is 21.5 Å². The standard InChI is InChI=1S/C36H58N2O3S.Na/c1-2-3-4-5-6-7-8-9-10-11-12-13-14-15-16-17-18-19-20-24-27-36-37-34-30-33(42(39,40)41)28-29-35(34)38(36)31-32-25-22-21-23-26-32;/h21-23,25-26,28-30,36-37H,2-20,24,27,31H2,1H3,(H,39,40,41);/q;+1/p-1. The van der Waals surface area contributed by atoms with Crippen molar-refractivity contribution in [2.24, 2.45) is 0 Å². The van der Waals surface area contributed by atoms with Gasteiger partial charge in [-0.3, -0.25) is 0 Å². The molecule has 0 saturated heterocycles. The largest absolute Gasteiger partial charge is 1.00 e. The van der Waals surface area contributed by atoms with Crippen LogP contribution < -0.4 is 39.8 Å². The first-order valence-corrected chi connectivity index (χ1v) is 18.6. The van der Waals surface area contributed by atoms with Crippen molar-refractivity contribution in [3.63, 3.8) is 0 Å². The number of nitrogens with zero attached hydrogens (tertiary/aromatic N) is 1. The number of rotatable bonds is 24. The Kier molecular flexibility index (Phi) is 19.9. The van der Waals surface area contributed by atoms with Gasteiger partial charge in [-0.25, -0.2) is 8.42 Å². The number of hydrogen-bond donors (Lipinski definition) is 1. The van der Waals surface area contributed by atoms with Crippen molar-refractivity contribution in [1.29, 1.82) is 0 Å². The molecule has 0 amide bonds. The first-order valence-electron chi connectivity index (χ1n) is 17.2. The van der Waals surface area contributed by atoms with E-state index in [-0.39, 0.29) is 40.6 Å². The van der Waals surface area contributed by atoms with Crippen LogP contribution >= 0.6 is 0 Å². The molecule has 3 rings (SSSR count). The summed E-state index contributed by atoms with van der Waals surface area (Å²) in [7, 11) is -4.47. The molecule has 0 spiro atoms. The van der Waals surface area contributed by atoms with Crippen molar-refractivity contribution in [1.82, 2.24) is 0 Å². The number of anilines is 2. The molecule has 0 fully saturated rings. The van der Waals surface area contributed by atoms with Crippen LogP contribution in [0.2, 0.25) is 0 Å². The van der Waals surface area contributed by atoms with Gasteiger partial charge in [0.1, 0.15) is 10.1 Å². The maximum atomic E-state index is 11.6. The Balaban J connectivity index is 0.00000645. The molecule has 1 atom stereocenters. The SMILES string of the molecule is CCCCCCCCCCCCCCCCCCCCCCC1Nc2cc(S(=O)(=O)[O-])ccc2N1Cc1ccccc1.[Na+]. The average molecular weight is 621 g/mol. The second-order valence-corrected chi connectivity index (χ2v) is 13.8. The Morgan fingerprint density at radius 3 is 1.60 bits per heavy atom. The van der Waals surface area contributed by atoms with E-state index >= 15 is 0 Å². The van der Waals surface area contributed by atoms with Crippen LogP contribution in [0.5, 0.6) is 0 Å². The van der Waals surface area contributed by atoms with E-state index in [4.69, 9.17) is 0 Å².